The fraction of sp³-hybridized carbons (Fsp3) is 0.652. The maximum Gasteiger partial charge on any atom is 0.314 e. The summed E-state index contributed by atoms with van der Waals surface area (Å²) in [7, 11) is 2.01. The first-order valence-corrected chi connectivity index (χ1v) is 10.8. The minimum Gasteiger partial charge on any atom is -0.465 e. The molecule has 1 aromatic rings. The van der Waals surface area contributed by atoms with Crippen LogP contribution in [0.3, 0.4) is 0 Å². The molecule has 29 heavy (non-hydrogen) atoms. The van der Waals surface area contributed by atoms with Crippen LogP contribution < -0.4 is 0 Å². The summed E-state index contributed by atoms with van der Waals surface area (Å²) in [6.07, 6.45) is 3.76. The van der Waals surface area contributed by atoms with E-state index in [1.807, 2.05) is 49.2 Å². The fourth-order valence-corrected chi connectivity index (χ4v) is 5.65. The molecule has 6 nitrogen and oxygen atoms in total. The van der Waals surface area contributed by atoms with Gasteiger partial charge in [-0.1, -0.05) is 30.3 Å². The van der Waals surface area contributed by atoms with E-state index in [9.17, 15) is 14.7 Å². The molecule has 6 heteroatoms. The van der Waals surface area contributed by atoms with Crippen molar-refractivity contribution in [2.45, 2.75) is 63.1 Å². The second-order valence-corrected chi connectivity index (χ2v) is 9.04. The number of amides is 1. The average molecular weight is 401 g/mol. The molecule has 3 heterocycles. The molecule has 0 aromatic heterocycles. The molecule has 4 rings (SSSR count). The maximum absolute atomic E-state index is 13.5. The number of aliphatic hydroxyl groups is 1. The summed E-state index contributed by atoms with van der Waals surface area (Å²) in [4.78, 5) is 30.7. The number of ether oxygens (including phenoxy) is 1. The first kappa shape index (κ1) is 20.4. The van der Waals surface area contributed by atoms with Crippen LogP contribution in [0.1, 0.15) is 44.6 Å². The fourth-order valence-electron chi connectivity index (χ4n) is 5.65. The molecule has 3 saturated heterocycles. The average Bonchev–Trinajstić information content (AvgIpc) is 3.27. The van der Waals surface area contributed by atoms with Gasteiger partial charge in [0.15, 0.2) is 0 Å². The second kappa shape index (κ2) is 7.73. The molecule has 0 radical (unpaired) electrons. The van der Waals surface area contributed by atoms with Crippen LogP contribution in [0.2, 0.25) is 0 Å². The van der Waals surface area contributed by atoms with Gasteiger partial charge in [-0.2, -0.15) is 0 Å². The molecule has 1 amide bonds. The zero-order valence-electron chi connectivity index (χ0n) is 17.5. The van der Waals surface area contributed by atoms with Crippen LogP contribution >= 0.6 is 0 Å². The predicted octanol–water partition coefficient (Wildman–Crippen LogP) is 2.00. The number of carbonyl (C=O) groups excluding carboxylic acids is 2. The largest absolute Gasteiger partial charge is 0.465 e. The molecular weight excluding hydrogens is 368 g/mol. The minimum absolute atomic E-state index is 0.00398. The topological polar surface area (TPSA) is 70.1 Å². The smallest absolute Gasteiger partial charge is 0.314 e. The van der Waals surface area contributed by atoms with E-state index in [1.165, 1.54) is 0 Å². The lowest BCUT2D eigenvalue weighted by molar-refractivity contribution is -0.162. The summed E-state index contributed by atoms with van der Waals surface area (Å²) >= 11 is 0. The highest BCUT2D eigenvalue weighted by molar-refractivity contribution is 5.89. The Kier molecular flexibility index (Phi) is 5.42. The number of rotatable bonds is 5. The zero-order valence-corrected chi connectivity index (χ0v) is 17.5. The number of benzene rings is 1. The summed E-state index contributed by atoms with van der Waals surface area (Å²) in [5.41, 5.74) is -0.957. The van der Waals surface area contributed by atoms with Gasteiger partial charge in [-0.05, 0) is 58.1 Å². The molecule has 0 unspecified atom stereocenters. The van der Waals surface area contributed by atoms with Crippen molar-refractivity contribution in [1.29, 1.82) is 0 Å². The van der Waals surface area contributed by atoms with Gasteiger partial charge < -0.3 is 19.6 Å². The highest BCUT2D eigenvalue weighted by Crippen LogP contribution is 2.53. The monoisotopic (exact) mass is 400 g/mol. The van der Waals surface area contributed by atoms with Gasteiger partial charge in [0.25, 0.3) is 5.91 Å². The van der Waals surface area contributed by atoms with Gasteiger partial charge >= 0.3 is 5.97 Å². The number of hydrogen-bond acceptors (Lipinski definition) is 5. The van der Waals surface area contributed by atoms with E-state index >= 15 is 0 Å². The highest BCUT2D eigenvalue weighted by Gasteiger charge is 2.63. The molecule has 3 fully saturated rings. The van der Waals surface area contributed by atoms with Crippen LogP contribution in [-0.4, -0.2) is 71.2 Å². The lowest BCUT2D eigenvalue weighted by Crippen LogP contribution is -2.57. The van der Waals surface area contributed by atoms with E-state index in [-0.39, 0.29) is 24.0 Å². The number of carbonyl (C=O) groups is 2. The number of esters is 1. The molecule has 0 spiro atoms. The Hall–Kier alpha value is -1.92. The van der Waals surface area contributed by atoms with Gasteiger partial charge in [-0.3, -0.25) is 9.59 Å². The van der Waals surface area contributed by atoms with Crippen molar-refractivity contribution in [3.63, 3.8) is 0 Å². The summed E-state index contributed by atoms with van der Waals surface area (Å²) < 4.78 is 5.52. The van der Waals surface area contributed by atoms with Crippen molar-refractivity contribution in [2.75, 3.05) is 26.7 Å². The summed E-state index contributed by atoms with van der Waals surface area (Å²) in [5, 5.41) is 11.1. The van der Waals surface area contributed by atoms with Crippen LogP contribution in [0.5, 0.6) is 0 Å². The number of nitrogens with zero attached hydrogens (tertiary/aromatic N) is 2. The number of hydrogen-bond donors (Lipinski definition) is 1. The molecule has 158 valence electrons. The Morgan fingerprint density at radius 2 is 1.86 bits per heavy atom. The minimum atomic E-state index is -1.31. The highest BCUT2D eigenvalue weighted by atomic mass is 16.5. The van der Waals surface area contributed by atoms with E-state index in [0.29, 0.717) is 45.4 Å². The quantitative estimate of drug-likeness (QED) is 0.766. The van der Waals surface area contributed by atoms with Gasteiger partial charge in [0, 0.05) is 25.2 Å². The van der Waals surface area contributed by atoms with Crippen molar-refractivity contribution in [3.8, 4) is 0 Å². The summed E-state index contributed by atoms with van der Waals surface area (Å²) in [6.45, 7) is 3.57. The van der Waals surface area contributed by atoms with Crippen molar-refractivity contribution >= 4 is 11.9 Å². The molecule has 3 atom stereocenters. The standard InChI is InChI=1S/C23H32N2O4/c1-3-29-21(27)22(15-17-7-5-4-6-8-17)16-18-9-10-19(22)25(18)20(26)23(28)11-13-24(2)14-12-23/h4-8,18-19,28H,3,9-16H2,1-2H3/t18-,19+,22+/m1/s1. The third kappa shape index (κ3) is 3.46. The van der Waals surface area contributed by atoms with Crippen LogP contribution in [0, 0.1) is 5.41 Å². The van der Waals surface area contributed by atoms with Gasteiger partial charge in [-0.15, -0.1) is 0 Å². The molecule has 3 aliphatic rings. The van der Waals surface area contributed by atoms with Crippen molar-refractivity contribution in [3.05, 3.63) is 35.9 Å². The van der Waals surface area contributed by atoms with Crippen LogP contribution in [0.25, 0.3) is 0 Å². The Morgan fingerprint density at radius 1 is 1.17 bits per heavy atom. The number of piperidine rings is 1. The van der Waals surface area contributed by atoms with E-state index < -0.39 is 11.0 Å². The molecule has 3 aliphatic heterocycles. The first-order chi connectivity index (χ1) is 13.9. The summed E-state index contributed by atoms with van der Waals surface area (Å²) in [6, 6.07) is 9.78. The Bertz CT molecular complexity index is 759. The van der Waals surface area contributed by atoms with Crippen LogP contribution in [0.15, 0.2) is 30.3 Å². The lowest BCUT2D eigenvalue weighted by Gasteiger charge is -2.40. The lowest BCUT2D eigenvalue weighted by atomic mass is 9.70. The SMILES string of the molecule is CCOC(=O)[C@@]1(Cc2ccccc2)C[C@H]2CC[C@@H]1N2C(=O)C1(O)CCN(C)CC1. The van der Waals surface area contributed by atoms with Crippen molar-refractivity contribution in [2.24, 2.45) is 5.41 Å². The van der Waals surface area contributed by atoms with E-state index in [1.54, 1.807) is 0 Å². The first-order valence-electron chi connectivity index (χ1n) is 10.8. The normalized spacial score (nSPS) is 31.1. The third-order valence-corrected chi connectivity index (χ3v) is 7.23. The zero-order chi connectivity index (χ0) is 20.6. The summed E-state index contributed by atoms with van der Waals surface area (Å²) in [5.74, 6) is -0.387. The number of fused-ring (bicyclic) bond motifs is 2. The van der Waals surface area contributed by atoms with E-state index in [4.69, 9.17) is 4.74 Å². The molecule has 0 saturated carbocycles. The van der Waals surface area contributed by atoms with Crippen molar-refractivity contribution < 1.29 is 19.4 Å². The Labute approximate surface area is 172 Å². The van der Waals surface area contributed by atoms with Crippen LogP contribution in [-0.2, 0) is 20.7 Å². The van der Waals surface area contributed by atoms with E-state index in [0.717, 1.165) is 18.4 Å². The van der Waals surface area contributed by atoms with Gasteiger partial charge in [0.2, 0.25) is 0 Å². The van der Waals surface area contributed by atoms with E-state index in [2.05, 4.69) is 4.90 Å². The van der Waals surface area contributed by atoms with Gasteiger partial charge in [-0.25, -0.2) is 0 Å². The van der Waals surface area contributed by atoms with Crippen molar-refractivity contribution in [1.82, 2.24) is 9.80 Å². The Balaban J connectivity index is 1.63. The molecule has 1 N–H and O–H groups in total. The molecule has 1 aromatic carbocycles. The Morgan fingerprint density at radius 3 is 2.52 bits per heavy atom. The molecule has 2 bridgehead atoms. The van der Waals surface area contributed by atoms with Crippen LogP contribution in [0.4, 0.5) is 0 Å². The molecular formula is C23H32N2O4. The number of likely N-dealkylation sites (tertiary alicyclic amines) is 1. The predicted molar refractivity (Wildman–Crippen MR) is 109 cm³/mol. The van der Waals surface area contributed by atoms with Gasteiger partial charge in [0.05, 0.1) is 12.0 Å². The second-order valence-electron chi connectivity index (χ2n) is 9.04. The third-order valence-electron chi connectivity index (χ3n) is 7.23. The molecule has 0 aliphatic carbocycles. The van der Waals surface area contributed by atoms with Gasteiger partial charge in [0.1, 0.15) is 5.60 Å². The maximum atomic E-state index is 13.5.